The molecular weight excluding hydrogens is 518 g/mol. The molecule has 1 unspecified atom stereocenters. The van der Waals surface area contributed by atoms with Crippen LogP contribution in [0.1, 0.15) is 59.1 Å². The molecule has 0 saturated carbocycles. The smallest absolute Gasteiger partial charge is 0.410 e. The van der Waals surface area contributed by atoms with E-state index in [9.17, 15) is 19.5 Å². The molecule has 3 aromatic rings. The standard InChI is InChI=1S/C33H41N3O5/c1-21(2)33(40,26-17-12-15-23-13-8-10-16-25(23)26)36-28-18-11-9-14-24(28)19-20-27(30(36)38)34-29(37)22(3)35(7)31(39)41-32(4,5)6/h8-18,21-22,27,40H,19-20H2,1-7H3,(H,34,37)/t22-,27-,33?/m0/s1. The van der Waals surface area contributed by atoms with E-state index in [2.05, 4.69) is 5.32 Å². The van der Waals surface area contributed by atoms with Crippen LogP contribution in [-0.2, 0) is 26.5 Å². The number of fused-ring (bicyclic) bond motifs is 2. The molecule has 3 aromatic carbocycles. The molecule has 0 aromatic heterocycles. The summed E-state index contributed by atoms with van der Waals surface area (Å²) in [5, 5.41) is 17.3. The summed E-state index contributed by atoms with van der Waals surface area (Å²) >= 11 is 0. The van der Waals surface area contributed by atoms with Gasteiger partial charge in [0.2, 0.25) is 5.91 Å². The maximum atomic E-state index is 14.5. The lowest BCUT2D eigenvalue weighted by Gasteiger charge is -2.44. The van der Waals surface area contributed by atoms with E-state index < -0.39 is 47.2 Å². The second-order valence-corrected chi connectivity index (χ2v) is 12.1. The van der Waals surface area contributed by atoms with E-state index in [0.29, 0.717) is 24.1 Å². The number of nitrogens with zero attached hydrogens (tertiary/aromatic N) is 2. The minimum atomic E-state index is -1.72. The van der Waals surface area contributed by atoms with Crippen molar-refractivity contribution < 1.29 is 24.2 Å². The van der Waals surface area contributed by atoms with Crippen LogP contribution in [0.25, 0.3) is 10.8 Å². The molecule has 8 nitrogen and oxygen atoms in total. The molecule has 8 heteroatoms. The lowest BCUT2D eigenvalue weighted by molar-refractivity contribution is -0.133. The summed E-state index contributed by atoms with van der Waals surface area (Å²) < 4.78 is 5.42. The highest BCUT2D eigenvalue weighted by molar-refractivity contribution is 6.03. The zero-order valence-electron chi connectivity index (χ0n) is 25.0. The van der Waals surface area contributed by atoms with E-state index in [-0.39, 0.29) is 0 Å². The normalized spacial score (nSPS) is 17.8. The summed E-state index contributed by atoms with van der Waals surface area (Å²) in [7, 11) is 1.49. The minimum Gasteiger partial charge on any atom is -0.444 e. The van der Waals surface area contributed by atoms with Gasteiger partial charge in [0.25, 0.3) is 5.91 Å². The number of ether oxygens (including phenoxy) is 1. The van der Waals surface area contributed by atoms with Gasteiger partial charge in [-0.05, 0) is 62.9 Å². The molecule has 0 aliphatic carbocycles. The largest absolute Gasteiger partial charge is 0.444 e. The number of anilines is 1. The molecule has 1 heterocycles. The first-order valence-electron chi connectivity index (χ1n) is 14.1. The Morgan fingerprint density at radius 2 is 1.63 bits per heavy atom. The van der Waals surface area contributed by atoms with Gasteiger partial charge in [0.15, 0.2) is 5.72 Å². The fourth-order valence-electron chi connectivity index (χ4n) is 5.32. The number of aryl methyl sites for hydroxylation is 1. The van der Waals surface area contributed by atoms with Gasteiger partial charge >= 0.3 is 6.09 Å². The molecule has 1 aliphatic heterocycles. The molecule has 2 N–H and O–H groups in total. The zero-order valence-corrected chi connectivity index (χ0v) is 25.0. The number of likely N-dealkylation sites (N-methyl/N-ethyl adjacent to an activating group) is 1. The molecule has 4 rings (SSSR count). The molecule has 0 spiro atoms. The molecule has 0 saturated heterocycles. The van der Waals surface area contributed by atoms with Crippen LogP contribution in [0, 0.1) is 5.92 Å². The Morgan fingerprint density at radius 3 is 2.32 bits per heavy atom. The summed E-state index contributed by atoms with van der Waals surface area (Å²) in [5.41, 5.74) is -0.319. The van der Waals surface area contributed by atoms with Gasteiger partial charge in [-0.15, -0.1) is 0 Å². The van der Waals surface area contributed by atoms with Crippen molar-refractivity contribution >= 4 is 34.4 Å². The van der Waals surface area contributed by atoms with Crippen LogP contribution in [-0.4, -0.2) is 52.6 Å². The average Bonchev–Trinajstić information content (AvgIpc) is 3.06. The van der Waals surface area contributed by atoms with Crippen LogP contribution in [0.15, 0.2) is 66.7 Å². The predicted molar refractivity (Wildman–Crippen MR) is 160 cm³/mol. The number of amides is 3. The summed E-state index contributed by atoms with van der Waals surface area (Å²) in [5.74, 6) is -1.31. The second-order valence-electron chi connectivity index (χ2n) is 12.1. The van der Waals surface area contributed by atoms with E-state index in [1.807, 2.05) is 80.6 Å². The molecule has 0 fully saturated rings. The topological polar surface area (TPSA) is 99.2 Å². The number of benzene rings is 3. The molecule has 41 heavy (non-hydrogen) atoms. The third-order valence-corrected chi connectivity index (χ3v) is 7.74. The van der Waals surface area contributed by atoms with Crippen molar-refractivity contribution in [1.29, 1.82) is 0 Å². The number of hydrogen-bond acceptors (Lipinski definition) is 5. The molecule has 1 aliphatic rings. The number of para-hydroxylation sites is 1. The van der Waals surface area contributed by atoms with Gasteiger partial charge in [0.05, 0.1) is 5.69 Å². The Labute approximate surface area is 242 Å². The van der Waals surface area contributed by atoms with Gasteiger partial charge < -0.3 is 15.2 Å². The first kappa shape index (κ1) is 30.1. The lowest BCUT2D eigenvalue weighted by atomic mass is 9.85. The van der Waals surface area contributed by atoms with Crippen LogP contribution in [0.2, 0.25) is 0 Å². The number of carbonyl (C=O) groups excluding carboxylic acids is 3. The third-order valence-electron chi connectivity index (χ3n) is 7.74. The van der Waals surface area contributed by atoms with Crippen LogP contribution in [0.4, 0.5) is 10.5 Å². The Morgan fingerprint density at radius 1 is 1.00 bits per heavy atom. The third kappa shape index (κ3) is 5.93. The summed E-state index contributed by atoms with van der Waals surface area (Å²) in [6.45, 7) is 10.6. The van der Waals surface area contributed by atoms with Crippen molar-refractivity contribution in [2.45, 2.75) is 77.8 Å². The minimum absolute atomic E-state index is 0.338. The van der Waals surface area contributed by atoms with E-state index >= 15 is 0 Å². The second kappa shape index (κ2) is 11.5. The molecule has 3 amide bonds. The van der Waals surface area contributed by atoms with Crippen LogP contribution < -0.4 is 10.2 Å². The average molecular weight is 560 g/mol. The lowest BCUT2D eigenvalue weighted by Crippen LogP contribution is -2.60. The summed E-state index contributed by atoms with van der Waals surface area (Å²) in [6, 6.07) is 19.2. The van der Waals surface area contributed by atoms with Crippen molar-refractivity contribution in [2.24, 2.45) is 5.92 Å². The van der Waals surface area contributed by atoms with Crippen LogP contribution in [0.3, 0.4) is 0 Å². The van der Waals surface area contributed by atoms with E-state index in [4.69, 9.17) is 4.74 Å². The number of nitrogens with one attached hydrogen (secondary N) is 1. The Bertz CT molecular complexity index is 1440. The summed E-state index contributed by atoms with van der Waals surface area (Å²) in [4.78, 5) is 43.1. The van der Waals surface area contributed by atoms with Gasteiger partial charge in [-0.3, -0.25) is 19.4 Å². The quantitative estimate of drug-likeness (QED) is 0.424. The number of rotatable bonds is 6. The highest BCUT2D eigenvalue weighted by Gasteiger charge is 2.48. The van der Waals surface area contributed by atoms with Gasteiger partial charge in [0, 0.05) is 18.5 Å². The van der Waals surface area contributed by atoms with E-state index in [1.54, 1.807) is 27.7 Å². The number of hydrogen-bond donors (Lipinski definition) is 2. The predicted octanol–water partition coefficient (Wildman–Crippen LogP) is 5.36. The van der Waals surface area contributed by atoms with Gasteiger partial charge in [0.1, 0.15) is 17.7 Å². The van der Waals surface area contributed by atoms with Gasteiger partial charge in [-0.25, -0.2) is 4.79 Å². The highest BCUT2D eigenvalue weighted by Crippen LogP contribution is 2.43. The Kier molecular flexibility index (Phi) is 8.45. The van der Waals surface area contributed by atoms with Crippen molar-refractivity contribution in [2.75, 3.05) is 11.9 Å². The number of aliphatic hydroxyl groups is 1. The Balaban J connectivity index is 1.74. The fourth-order valence-corrected chi connectivity index (χ4v) is 5.32. The number of carbonyl (C=O) groups is 3. The zero-order chi connectivity index (χ0) is 30.1. The van der Waals surface area contributed by atoms with Crippen LogP contribution in [0.5, 0.6) is 0 Å². The van der Waals surface area contributed by atoms with Crippen molar-refractivity contribution in [3.05, 3.63) is 77.9 Å². The molecular formula is C33H41N3O5. The van der Waals surface area contributed by atoms with E-state index in [1.165, 1.54) is 16.8 Å². The van der Waals surface area contributed by atoms with Gasteiger partial charge in [-0.1, -0.05) is 74.5 Å². The highest BCUT2D eigenvalue weighted by atomic mass is 16.6. The van der Waals surface area contributed by atoms with Gasteiger partial charge in [-0.2, -0.15) is 0 Å². The maximum Gasteiger partial charge on any atom is 0.410 e. The molecule has 0 bridgehead atoms. The first-order chi connectivity index (χ1) is 19.3. The SMILES string of the molecule is CC(C)C(O)(c1cccc2ccccc12)N1C(=O)[C@@H](NC(=O)[C@H](C)N(C)C(=O)OC(C)(C)C)CCc2ccccc21. The molecule has 0 radical (unpaired) electrons. The van der Waals surface area contributed by atoms with Crippen molar-refractivity contribution in [3.8, 4) is 0 Å². The Hall–Kier alpha value is -3.91. The van der Waals surface area contributed by atoms with E-state index in [0.717, 1.165) is 16.3 Å². The van der Waals surface area contributed by atoms with Crippen LogP contribution >= 0.6 is 0 Å². The maximum absolute atomic E-state index is 14.5. The molecule has 218 valence electrons. The molecule has 3 atom stereocenters. The summed E-state index contributed by atoms with van der Waals surface area (Å²) in [6.07, 6.45) is 0.222. The fraction of sp³-hybridized carbons (Fsp3) is 0.424. The monoisotopic (exact) mass is 559 g/mol. The first-order valence-corrected chi connectivity index (χ1v) is 14.1. The van der Waals surface area contributed by atoms with Crippen molar-refractivity contribution in [1.82, 2.24) is 10.2 Å². The van der Waals surface area contributed by atoms with Crippen molar-refractivity contribution in [3.63, 3.8) is 0 Å².